The number of benzene rings is 2. The largest absolute Gasteiger partial charge is 0.493 e. The molecule has 1 aromatic heterocycles. The number of ether oxygens (including phenoxy) is 3. The van der Waals surface area contributed by atoms with Crippen LogP contribution in [0.4, 0.5) is 0 Å². The van der Waals surface area contributed by atoms with E-state index in [0.29, 0.717) is 27.7 Å². The molecule has 0 spiro atoms. The number of nitrogens with zero attached hydrogens (tertiary/aromatic N) is 3. The van der Waals surface area contributed by atoms with Crippen molar-refractivity contribution in [3.63, 3.8) is 0 Å². The fourth-order valence-electron chi connectivity index (χ4n) is 2.71. The Balaban J connectivity index is 2.02. The van der Waals surface area contributed by atoms with Gasteiger partial charge in [-0.1, -0.05) is 23.8 Å². The maximum absolute atomic E-state index is 11.4. The van der Waals surface area contributed by atoms with E-state index >= 15 is 0 Å². The van der Waals surface area contributed by atoms with Gasteiger partial charge in [0.1, 0.15) is 0 Å². The summed E-state index contributed by atoms with van der Waals surface area (Å²) in [6.45, 7) is 3.31. The minimum Gasteiger partial charge on any atom is -0.493 e. The third-order valence-corrected chi connectivity index (χ3v) is 4.24. The topological polar surface area (TPSA) is 90.7 Å². The Kier molecular flexibility index (Phi) is 6.08. The Morgan fingerprint density at radius 2 is 1.90 bits per heavy atom. The quantitative estimate of drug-likeness (QED) is 0.287. The summed E-state index contributed by atoms with van der Waals surface area (Å²) in [5.41, 5.74) is 2.64. The van der Waals surface area contributed by atoms with Crippen molar-refractivity contribution in [2.75, 3.05) is 14.2 Å². The van der Waals surface area contributed by atoms with Crippen molar-refractivity contribution in [3.05, 3.63) is 52.3 Å². The molecule has 0 aliphatic rings. The summed E-state index contributed by atoms with van der Waals surface area (Å²) >= 11 is 5.31. The highest BCUT2D eigenvalue weighted by Crippen LogP contribution is 2.38. The molecule has 1 N–H and O–H groups in total. The number of carbonyl (C=O) groups is 1. The van der Waals surface area contributed by atoms with Crippen molar-refractivity contribution in [1.29, 1.82) is 0 Å². The molecule has 2 aromatic carbocycles. The maximum atomic E-state index is 11.4. The van der Waals surface area contributed by atoms with E-state index in [1.54, 1.807) is 18.3 Å². The van der Waals surface area contributed by atoms with Crippen LogP contribution in [0.3, 0.4) is 0 Å². The van der Waals surface area contributed by atoms with Gasteiger partial charge in [0.15, 0.2) is 17.3 Å². The minimum absolute atomic E-state index is 0.208. The van der Waals surface area contributed by atoms with Gasteiger partial charge in [0, 0.05) is 18.1 Å². The zero-order valence-electron chi connectivity index (χ0n) is 16.4. The Labute approximate surface area is 172 Å². The maximum Gasteiger partial charge on any atom is 0.308 e. The van der Waals surface area contributed by atoms with Crippen LogP contribution in [0.2, 0.25) is 0 Å². The number of nitrogens with one attached hydrogen (secondary N) is 1. The number of hydrogen-bond acceptors (Lipinski definition) is 7. The summed E-state index contributed by atoms with van der Waals surface area (Å²) in [5.74, 6) is 1.01. The van der Waals surface area contributed by atoms with Gasteiger partial charge in [-0.05, 0) is 37.3 Å². The van der Waals surface area contributed by atoms with E-state index in [4.69, 9.17) is 26.4 Å². The highest BCUT2D eigenvalue weighted by atomic mass is 32.1. The molecule has 0 aliphatic carbocycles. The fourth-order valence-corrected chi connectivity index (χ4v) is 2.89. The van der Waals surface area contributed by atoms with E-state index in [-0.39, 0.29) is 5.75 Å². The van der Waals surface area contributed by atoms with Crippen LogP contribution in [0.25, 0.3) is 11.4 Å². The van der Waals surface area contributed by atoms with Gasteiger partial charge >= 0.3 is 5.97 Å². The summed E-state index contributed by atoms with van der Waals surface area (Å²) in [7, 11) is 2.95. The normalized spacial score (nSPS) is 10.9. The van der Waals surface area contributed by atoms with E-state index in [1.165, 1.54) is 25.8 Å². The third-order valence-electron chi connectivity index (χ3n) is 3.98. The summed E-state index contributed by atoms with van der Waals surface area (Å²) in [4.78, 5) is 11.4. The molecule has 3 rings (SSSR count). The number of H-pyrrole nitrogens is 1. The highest BCUT2D eigenvalue weighted by molar-refractivity contribution is 7.71. The van der Waals surface area contributed by atoms with Crippen molar-refractivity contribution in [2.24, 2.45) is 5.10 Å². The van der Waals surface area contributed by atoms with E-state index in [2.05, 4.69) is 15.3 Å². The van der Waals surface area contributed by atoms with Crippen LogP contribution in [-0.2, 0) is 4.79 Å². The Morgan fingerprint density at radius 3 is 2.48 bits per heavy atom. The smallest absolute Gasteiger partial charge is 0.308 e. The van der Waals surface area contributed by atoms with Crippen molar-refractivity contribution in [1.82, 2.24) is 14.9 Å². The molecule has 0 aliphatic heterocycles. The van der Waals surface area contributed by atoms with Crippen molar-refractivity contribution in [3.8, 4) is 28.6 Å². The molecular weight excluding hydrogens is 392 g/mol. The SMILES string of the molecule is COc1cc(C=Nn2c(-c3cccc(C)c3)n[nH]c2=S)cc(OC)c1OC(C)=O. The number of rotatable bonds is 6. The van der Waals surface area contributed by atoms with Crippen molar-refractivity contribution in [2.45, 2.75) is 13.8 Å². The standard InChI is InChI=1S/C20H20N4O4S/c1-12-6-5-7-15(8-12)19-22-23-20(29)24(19)21-11-14-9-16(26-3)18(28-13(2)25)17(10-14)27-4/h5-11H,1-4H3,(H,23,29). The Morgan fingerprint density at radius 1 is 1.21 bits per heavy atom. The van der Waals surface area contributed by atoms with Gasteiger partial charge in [-0.3, -0.25) is 4.79 Å². The van der Waals surface area contributed by atoms with Gasteiger partial charge in [-0.2, -0.15) is 14.9 Å². The predicted octanol–water partition coefficient (Wildman–Crippen LogP) is 3.74. The minimum atomic E-state index is -0.476. The molecule has 8 nitrogen and oxygen atoms in total. The number of aromatic nitrogens is 3. The molecule has 1 heterocycles. The predicted molar refractivity (Wildman–Crippen MR) is 111 cm³/mol. The molecule has 0 saturated heterocycles. The molecule has 0 radical (unpaired) electrons. The molecule has 0 amide bonds. The molecule has 150 valence electrons. The number of esters is 1. The Hall–Kier alpha value is -3.46. The number of carbonyl (C=O) groups excluding carboxylic acids is 1. The Bertz CT molecular complexity index is 1110. The second-order valence-electron chi connectivity index (χ2n) is 6.13. The van der Waals surface area contributed by atoms with Gasteiger partial charge in [0.2, 0.25) is 10.5 Å². The van der Waals surface area contributed by atoms with Gasteiger partial charge in [0.25, 0.3) is 0 Å². The van der Waals surface area contributed by atoms with Crippen LogP contribution in [0.15, 0.2) is 41.5 Å². The van der Waals surface area contributed by atoms with Crippen LogP contribution in [0, 0.1) is 11.7 Å². The van der Waals surface area contributed by atoms with Gasteiger partial charge < -0.3 is 14.2 Å². The first-order valence-electron chi connectivity index (χ1n) is 8.66. The zero-order chi connectivity index (χ0) is 21.0. The second kappa shape index (κ2) is 8.70. The zero-order valence-corrected chi connectivity index (χ0v) is 17.2. The lowest BCUT2D eigenvalue weighted by atomic mass is 10.1. The molecule has 3 aromatic rings. The average molecular weight is 412 g/mol. The lowest BCUT2D eigenvalue weighted by molar-refractivity contribution is -0.132. The van der Waals surface area contributed by atoms with Crippen molar-refractivity contribution >= 4 is 24.4 Å². The number of aryl methyl sites for hydroxylation is 1. The van der Waals surface area contributed by atoms with E-state index < -0.39 is 5.97 Å². The highest BCUT2D eigenvalue weighted by Gasteiger charge is 2.16. The average Bonchev–Trinajstić information content (AvgIpc) is 3.07. The summed E-state index contributed by atoms with van der Waals surface area (Å²) < 4.78 is 17.7. The summed E-state index contributed by atoms with van der Waals surface area (Å²) in [6, 6.07) is 11.2. The molecule has 9 heteroatoms. The number of methoxy groups -OCH3 is 2. The van der Waals surface area contributed by atoms with Gasteiger partial charge in [-0.15, -0.1) is 0 Å². The number of aromatic amines is 1. The molecule has 29 heavy (non-hydrogen) atoms. The van der Waals surface area contributed by atoms with E-state index in [0.717, 1.165) is 11.1 Å². The molecule has 0 unspecified atom stereocenters. The second-order valence-corrected chi connectivity index (χ2v) is 6.51. The summed E-state index contributed by atoms with van der Waals surface area (Å²) in [5, 5.41) is 11.5. The van der Waals surface area contributed by atoms with Crippen molar-refractivity contribution < 1.29 is 19.0 Å². The van der Waals surface area contributed by atoms with Crippen LogP contribution in [-0.4, -0.2) is 41.3 Å². The molecule has 0 atom stereocenters. The molecule has 0 bridgehead atoms. The third kappa shape index (κ3) is 4.52. The first kappa shape index (κ1) is 20.3. The lowest BCUT2D eigenvalue weighted by Gasteiger charge is -2.13. The first-order chi connectivity index (χ1) is 13.9. The van der Waals surface area contributed by atoms with Crippen LogP contribution in [0.5, 0.6) is 17.2 Å². The molecule has 0 fully saturated rings. The molecule has 0 saturated carbocycles. The summed E-state index contributed by atoms with van der Waals surface area (Å²) in [6.07, 6.45) is 1.59. The van der Waals surface area contributed by atoms with E-state index in [1.807, 2.05) is 31.2 Å². The lowest BCUT2D eigenvalue weighted by Crippen LogP contribution is -2.05. The first-order valence-corrected chi connectivity index (χ1v) is 9.07. The number of hydrogen-bond donors (Lipinski definition) is 1. The van der Waals surface area contributed by atoms with E-state index in [9.17, 15) is 4.79 Å². The van der Waals surface area contributed by atoms with Crippen LogP contribution in [0.1, 0.15) is 18.1 Å². The molecular formula is C20H20N4O4S. The monoisotopic (exact) mass is 412 g/mol. The fraction of sp³-hybridized carbons (Fsp3) is 0.200. The van der Waals surface area contributed by atoms with Crippen LogP contribution >= 0.6 is 12.2 Å². The van der Waals surface area contributed by atoms with Gasteiger partial charge in [0.05, 0.1) is 20.4 Å². The van der Waals surface area contributed by atoms with Crippen LogP contribution < -0.4 is 14.2 Å². The van der Waals surface area contributed by atoms with Gasteiger partial charge in [-0.25, -0.2) is 5.10 Å².